The van der Waals surface area contributed by atoms with Crippen LogP contribution in [0.4, 0.5) is 0 Å². The van der Waals surface area contributed by atoms with Crippen LogP contribution in [0.5, 0.6) is 0 Å². The molecule has 2 heteroatoms. The van der Waals surface area contributed by atoms with E-state index in [1.807, 2.05) is 34.4 Å². The standard InChI is InChI=1S/C19H20NTe/c1-3-7-18(17-8-5-4-6-9-17)19(21)20-14-16-12-10-15(2)11-13-16/h3-6,8-13,18H,1,7,14H2,2H3. The van der Waals surface area contributed by atoms with E-state index in [2.05, 4.69) is 62.0 Å². The monoisotopic (exact) mass is 392 g/mol. The molecule has 0 saturated heterocycles. The summed E-state index contributed by atoms with van der Waals surface area (Å²) in [7, 11) is 0. The van der Waals surface area contributed by atoms with Gasteiger partial charge in [-0.1, -0.05) is 0 Å². The zero-order valence-corrected chi connectivity index (χ0v) is 14.7. The third-order valence-corrected chi connectivity index (χ3v) is 4.62. The Labute approximate surface area is 140 Å². The fourth-order valence-electron chi connectivity index (χ4n) is 2.20. The summed E-state index contributed by atoms with van der Waals surface area (Å²) in [6, 6.07) is 19.1. The molecule has 1 unspecified atom stereocenters. The molecule has 0 N–H and O–H groups in total. The number of nitrogens with zero attached hydrogens (tertiary/aromatic N) is 1. The van der Waals surface area contributed by atoms with Gasteiger partial charge in [0.15, 0.2) is 0 Å². The molecule has 2 aromatic rings. The molecule has 0 amide bonds. The van der Waals surface area contributed by atoms with E-state index in [1.54, 1.807) is 0 Å². The van der Waals surface area contributed by atoms with Gasteiger partial charge in [0.1, 0.15) is 0 Å². The van der Waals surface area contributed by atoms with E-state index in [4.69, 9.17) is 4.99 Å². The van der Waals surface area contributed by atoms with Crippen LogP contribution < -0.4 is 0 Å². The number of hydrogen-bond donors (Lipinski definition) is 0. The number of rotatable bonds is 6. The summed E-state index contributed by atoms with van der Waals surface area (Å²) in [6.45, 7) is 6.73. The maximum atomic E-state index is 4.79. The molecule has 1 atom stereocenters. The van der Waals surface area contributed by atoms with Crippen molar-refractivity contribution >= 4 is 26.1 Å². The van der Waals surface area contributed by atoms with Gasteiger partial charge in [0.2, 0.25) is 0 Å². The van der Waals surface area contributed by atoms with Gasteiger partial charge >= 0.3 is 141 Å². The summed E-state index contributed by atoms with van der Waals surface area (Å²) in [4.78, 5) is 4.79. The second kappa shape index (κ2) is 8.17. The Bertz CT molecular complexity index is 599. The Kier molecular flexibility index (Phi) is 6.23. The molecule has 1 radical (unpaired) electrons. The molecule has 0 spiro atoms. The molecule has 0 heterocycles. The number of aryl methyl sites for hydroxylation is 1. The van der Waals surface area contributed by atoms with Gasteiger partial charge in [-0.3, -0.25) is 0 Å². The van der Waals surface area contributed by atoms with E-state index in [0.717, 1.165) is 13.0 Å². The van der Waals surface area contributed by atoms with E-state index >= 15 is 0 Å². The van der Waals surface area contributed by atoms with E-state index < -0.39 is 0 Å². The topological polar surface area (TPSA) is 12.4 Å². The normalized spacial score (nSPS) is 12.9. The van der Waals surface area contributed by atoms with Crippen LogP contribution in [-0.4, -0.2) is 26.1 Å². The van der Waals surface area contributed by atoms with E-state index in [9.17, 15) is 0 Å². The van der Waals surface area contributed by atoms with Gasteiger partial charge < -0.3 is 0 Å². The summed E-state index contributed by atoms with van der Waals surface area (Å²) in [5.74, 6) is 0.332. The minimum absolute atomic E-state index is 0.332. The molecule has 0 fully saturated rings. The molecule has 107 valence electrons. The SMILES string of the molecule is C=CCC(C([Te])=NCc1ccc(C)cc1)c1ccccc1. The molecule has 2 aromatic carbocycles. The van der Waals surface area contributed by atoms with Crippen molar-refractivity contribution in [1.82, 2.24) is 0 Å². The molecule has 0 saturated carbocycles. The average Bonchev–Trinajstić information content (AvgIpc) is 2.52. The number of allylic oxidation sites excluding steroid dienone is 1. The van der Waals surface area contributed by atoms with Crippen molar-refractivity contribution < 1.29 is 0 Å². The molecular weight excluding hydrogens is 370 g/mol. The zero-order valence-electron chi connectivity index (χ0n) is 12.3. The van der Waals surface area contributed by atoms with Crippen molar-refractivity contribution in [3.05, 3.63) is 83.9 Å². The Morgan fingerprint density at radius 1 is 1.14 bits per heavy atom. The molecule has 0 aromatic heterocycles. The first-order chi connectivity index (χ1) is 10.2. The second-order valence-electron chi connectivity index (χ2n) is 5.13. The van der Waals surface area contributed by atoms with Gasteiger partial charge in [-0.05, 0) is 0 Å². The molecule has 21 heavy (non-hydrogen) atoms. The first-order valence-electron chi connectivity index (χ1n) is 7.13. The van der Waals surface area contributed by atoms with Crippen LogP contribution in [0.1, 0.15) is 29.0 Å². The van der Waals surface area contributed by atoms with Crippen molar-refractivity contribution in [2.45, 2.75) is 25.8 Å². The molecular formula is C19H20NTe. The number of hydrogen-bond acceptors (Lipinski definition) is 1. The van der Waals surface area contributed by atoms with Gasteiger partial charge in [-0.25, -0.2) is 0 Å². The van der Waals surface area contributed by atoms with Gasteiger partial charge in [0.05, 0.1) is 0 Å². The summed E-state index contributed by atoms with van der Waals surface area (Å²) in [5, 5.41) is 0. The molecule has 0 aliphatic carbocycles. The first-order valence-corrected chi connectivity index (χ1v) is 8.30. The quantitative estimate of drug-likeness (QED) is 0.394. The van der Waals surface area contributed by atoms with Gasteiger partial charge in [-0.2, -0.15) is 0 Å². The second-order valence-corrected chi connectivity index (χ2v) is 6.32. The van der Waals surface area contributed by atoms with Crippen LogP contribution >= 0.6 is 0 Å². The van der Waals surface area contributed by atoms with E-state index in [-0.39, 0.29) is 0 Å². The minimum atomic E-state index is 0.332. The summed E-state index contributed by atoms with van der Waals surface area (Å²) in [5.41, 5.74) is 3.85. The average molecular weight is 390 g/mol. The summed E-state index contributed by atoms with van der Waals surface area (Å²) >= 11 is 2.04. The van der Waals surface area contributed by atoms with E-state index in [1.165, 1.54) is 20.4 Å². The predicted octanol–water partition coefficient (Wildman–Crippen LogP) is 4.42. The Morgan fingerprint density at radius 2 is 1.81 bits per heavy atom. The number of benzene rings is 2. The fraction of sp³-hybridized carbons (Fsp3) is 0.211. The van der Waals surface area contributed by atoms with Crippen LogP contribution in [0.3, 0.4) is 0 Å². The Morgan fingerprint density at radius 3 is 2.43 bits per heavy atom. The van der Waals surface area contributed by atoms with Crippen molar-refractivity contribution in [3.63, 3.8) is 0 Å². The van der Waals surface area contributed by atoms with Crippen molar-refractivity contribution in [1.29, 1.82) is 0 Å². The van der Waals surface area contributed by atoms with Crippen LogP contribution in [0.25, 0.3) is 0 Å². The van der Waals surface area contributed by atoms with Crippen LogP contribution in [-0.2, 0) is 6.54 Å². The summed E-state index contributed by atoms with van der Waals surface area (Å²) < 4.78 is 1.18. The van der Waals surface area contributed by atoms with Gasteiger partial charge in [0, 0.05) is 0 Å². The first kappa shape index (κ1) is 16.0. The molecule has 2 rings (SSSR count). The van der Waals surface area contributed by atoms with Crippen LogP contribution in [0, 0.1) is 6.92 Å². The molecule has 1 nitrogen and oxygen atoms in total. The fourth-order valence-corrected chi connectivity index (χ4v) is 3.05. The van der Waals surface area contributed by atoms with Crippen molar-refractivity contribution in [2.24, 2.45) is 4.99 Å². The number of aliphatic imine (C=N–C) groups is 1. The van der Waals surface area contributed by atoms with E-state index in [0.29, 0.717) is 5.92 Å². The third-order valence-electron chi connectivity index (χ3n) is 3.44. The zero-order chi connectivity index (χ0) is 15.1. The molecule has 0 aliphatic rings. The van der Waals surface area contributed by atoms with Crippen LogP contribution in [0.2, 0.25) is 0 Å². The predicted molar refractivity (Wildman–Crippen MR) is 92.1 cm³/mol. The van der Waals surface area contributed by atoms with Gasteiger partial charge in [0.25, 0.3) is 0 Å². The van der Waals surface area contributed by atoms with Crippen molar-refractivity contribution in [3.8, 4) is 0 Å². The molecule has 0 bridgehead atoms. The van der Waals surface area contributed by atoms with Crippen LogP contribution in [0.15, 0.2) is 72.2 Å². The third kappa shape index (κ3) is 4.84. The summed E-state index contributed by atoms with van der Waals surface area (Å²) in [6.07, 6.45) is 2.90. The Balaban J connectivity index is 2.14. The van der Waals surface area contributed by atoms with Crippen molar-refractivity contribution in [2.75, 3.05) is 0 Å². The van der Waals surface area contributed by atoms with Gasteiger partial charge in [-0.15, -0.1) is 0 Å². The molecule has 0 aliphatic heterocycles. The maximum absolute atomic E-state index is 4.79. The Hall–Kier alpha value is -1.36.